The maximum absolute atomic E-state index is 12.1. The highest BCUT2D eigenvalue weighted by Gasteiger charge is 2.38. The Morgan fingerprint density at radius 2 is 2.16 bits per heavy atom. The summed E-state index contributed by atoms with van der Waals surface area (Å²) in [5, 5.41) is 30.2. The molecule has 0 amide bonds. The maximum Gasteiger partial charge on any atom is 0.416 e. The molecular formula is C10H8F3N3O3. The summed E-state index contributed by atoms with van der Waals surface area (Å²) in [6.07, 6.45) is -7.48. The highest BCUT2D eigenvalue weighted by Crippen LogP contribution is 2.26. The first-order chi connectivity index (χ1) is 8.75. The monoisotopic (exact) mass is 275 g/mol. The number of anilines is 1. The Kier molecular flexibility index (Phi) is 4.29. The summed E-state index contributed by atoms with van der Waals surface area (Å²) in [4.78, 5) is 9.86. The third-order valence-electron chi connectivity index (χ3n) is 2.19. The summed E-state index contributed by atoms with van der Waals surface area (Å²) in [7, 11) is 0. The zero-order valence-electron chi connectivity index (χ0n) is 9.31. The Balaban J connectivity index is 2.93. The van der Waals surface area contributed by atoms with Crippen LogP contribution < -0.4 is 5.32 Å². The molecule has 0 spiro atoms. The third-order valence-corrected chi connectivity index (χ3v) is 2.19. The minimum atomic E-state index is -4.82. The van der Waals surface area contributed by atoms with Crippen LogP contribution in [0, 0.1) is 21.4 Å². The molecule has 0 bridgehead atoms. The summed E-state index contributed by atoms with van der Waals surface area (Å²) in [5.41, 5.74) is -0.685. The van der Waals surface area contributed by atoms with Gasteiger partial charge in [0.1, 0.15) is 5.69 Å². The molecule has 1 atom stereocenters. The van der Waals surface area contributed by atoms with Gasteiger partial charge in [0.2, 0.25) is 0 Å². The van der Waals surface area contributed by atoms with Crippen molar-refractivity contribution in [3.63, 3.8) is 0 Å². The van der Waals surface area contributed by atoms with Gasteiger partial charge in [0.25, 0.3) is 5.69 Å². The molecular weight excluding hydrogens is 267 g/mol. The number of nitriles is 1. The lowest BCUT2D eigenvalue weighted by molar-refractivity contribution is -0.384. The second kappa shape index (κ2) is 5.53. The Hall–Kier alpha value is -2.34. The predicted octanol–water partition coefficient (Wildman–Crippen LogP) is 1.80. The molecule has 1 aromatic carbocycles. The number of hydrogen-bond donors (Lipinski definition) is 2. The number of nitrogens with one attached hydrogen (secondary N) is 1. The molecule has 2 N–H and O–H groups in total. The largest absolute Gasteiger partial charge is 0.416 e. The van der Waals surface area contributed by atoms with Crippen molar-refractivity contribution >= 4 is 11.4 Å². The van der Waals surface area contributed by atoms with Crippen LogP contribution in [0.2, 0.25) is 0 Å². The summed E-state index contributed by atoms with van der Waals surface area (Å²) < 4.78 is 36.2. The zero-order chi connectivity index (χ0) is 14.6. The van der Waals surface area contributed by atoms with Gasteiger partial charge in [-0.3, -0.25) is 10.1 Å². The van der Waals surface area contributed by atoms with E-state index in [1.54, 1.807) is 6.07 Å². The number of nitrogens with zero attached hydrogens (tertiary/aromatic N) is 2. The SMILES string of the molecule is N#Cc1ccc([N+](=O)[O-])c(NCC(O)C(F)(F)F)c1. The molecule has 102 valence electrons. The summed E-state index contributed by atoms with van der Waals surface area (Å²) >= 11 is 0. The van der Waals surface area contributed by atoms with Gasteiger partial charge in [-0.05, 0) is 12.1 Å². The van der Waals surface area contributed by atoms with Gasteiger partial charge >= 0.3 is 6.18 Å². The van der Waals surface area contributed by atoms with Crippen LogP contribution in [-0.4, -0.2) is 28.9 Å². The summed E-state index contributed by atoms with van der Waals surface area (Å²) in [5.74, 6) is 0. The topological polar surface area (TPSA) is 99.2 Å². The lowest BCUT2D eigenvalue weighted by atomic mass is 10.2. The molecule has 0 fully saturated rings. The second-order valence-corrected chi connectivity index (χ2v) is 3.54. The van der Waals surface area contributed by atoms with Crippen molar-refractivity contribution in [2.24, 2.45) is 0 Å². The van der Waals surface area contributed by atoms with E-state index in [1.165, 1.54) is 6.07 Å². The van der Waals surface area contributed by atoms with E-state index in [1.807, 2.05) is 0 Å². The molecule has 0 saturated carbocycles. The molecule has 9 heteroatoms. The van der Waals surface area contributed by atoms with Crippen molar-refractivity contribution < 1.29 is 23.2 Å². The van der Waals surface area contributed by atoms with Gasteiger partial charge in [-0.2, -0.15) is 18.4 Å². The van der Waals surface area contributed by atoms with Gasteiger partial charge in [-0.25, -0.2) is 0 Å². The average molecular weight is 275 g/mol. The molecule has 0 aliphatic heterocycles. The van der Waals surface area contributed by atoms with Crippen LogP contribution in [0.3, 0.4) is 0 Å². The summed E-state index contributed by atoms with van der Waals surface area (Å²) in [6.45, 7) is -0.945. The Morgan fingerprint density at radius 1 is 1.53 bits per heavy atom. The molecule has 1 aromatic rings. The van der Waals surface area contributed by atoms with Gasteiger partial charge < -0.3 is 10.4 Å². The third kappa shape index (κ3) is 3.82. The van der Waals surface area contributed by atoms with Crippen LogP contribution in [0.25, 0.3) is 0 Å². The van der Waals surface area contributed by atoms with Gasteiger partial charge in [-0.15, -0.1) is 0 Å². The Morgan fingerprint density at radius 3 is 2.63 bits per heavy atom. The normalized spacial score (nSPS) is 12.6. The molecule has 1 unspecified atom stereocenters. The number of alkyl halides is 3. The first-order valence-corrected chi connectivity index (χ1v) is 4.93. The van der Waals surface area contributed by atoms with E-state index in [9.17, 15) is 23.3 Å². The van der Waals surface area contributed by atoms with Crippen molar-refractivity contribution in [2.45, 2.75) is 12.3 Å². The van der Waals surface area contributed by atoms with Gasteiger partial charge in [-0.1, -0.05) is 0 Å². The van der Waals surface area contributed by atoms with Crippen molar-refractivity contribution in [3.8, 4) is 6.07 Å². The van der Waals surface area contributed by atoms with E-state index in [0.717, 1.165) is 12.1 Å². The van der Waals surface area contributed by atoms with Crippen LogP contribution >= 0.6 is 0 Å². The van der Waals surface area contributed by atoms with Crippen LogP contribution in [0.15, 0.2) is 18.2 Å². The minimum Gasteiger partial charge on any atom is -0.382 e. The smallest absolute Gasteiger partial charge is 0.382 e. The van der Waals surface area contributed by atoms with E-state index < -0.39 is 29.4 Å². The highest BCUT2D eigenvalue weighted by molar-refractivity contribution is 5.64. The standard InChI is InChI=1S/C10H8F3N3O3/c11-10(12,13)9(17)5-15-7-3-6(4-14)1-2-8(7)16(18)19/h1-3,9,15,17H,5H2. The number of benzene rings is 1. The molecule has 19 heavy (non-hydrogen) atoms. The molecule has 0 aliphatic rings. The molecule has 0 aromatic heterocycles. The number of aliphatic hydroxyl groups is 1. The number of halogens is 3. The maximum atomic E-state index is 12.1. The quantitative estimate of drug-likeness (QED) is 0.644. The molecule has 0 saturated heterocycles. The van der Waals surface area contributed by atoms with Crippen molar-refractivity contribution in [1.82, 2.24) is 0 Å². The van der Waals surface area contributed by atoms with Crippen LogP contribution in [0.5, 0.6) is 0 Å². The van der Waals surface area contributed by atoms with E-state index in [-0.39, 0.29) is 11.3 Å². The molecule has 6 nitrogen and oxygen atoms in total. The van der Waals surface area contributed by atoms with Crippen LogP contribution in [-0.2, 0) is 0 Å². The first-order valence-electron chi connectivity index (χ1n) is 4.93. The fraction of sp³-hybridized carbons (Fsp3) is 0.300. The molecule has 0 aliphatic carbocycles. The van der Waals surface area contributed by atoms with Gasteiger partial charge in [0, 0.05) is 12.6 Å². The lowest BCUT2D eigenvalue weighted by Crippen LogP contribution is -2.35. The van der Waals surface area contributed by atoms with Crippen molar-refractivity contribution in [1.29, 1.82) is 5.26 Å². The molecule has 1 rings (SSSR count). The number of nitro benzene ring substituents is 1. The predicted molar refractivity (Wildman–Crippen MR) is 58.4 cm³/mol. The summed E-state index contributed by atoms with van der Waals surface area (Å²) in [6, 6.07) is 4.92. The first kappa shape index (κ1) is 14.7. The van der Waals surface area contributed by atoms with E-state index in [2.05, 4.69) is 5.32 Å². The van der Waals surface area contributed by atoms with Crippen molar-refractivity contribution in [3.05, 3.63) is 33.9 Å². The van der Waals surface area contributed by atoms with Gasteiger partial charge in [0.05, 0.1) is 16.6 Å². The molecule has 0 radical (unpaired) electrons. The van der Waals surface area contributed by atoms with E-state index in [4.69, 9.17) is 10.4 Å². The van der Waals surface area contributed by atoms with E-state index in [0.29, 0.717) is 0 Å². The lowest BCUT2D eigenvalue weighted by Gasteiger charge is -2.15. The Labute approximate surface area is 105 Å². The highest BCUT2D eigenvalue weighted by atomic mass is 19.4. The molecule has 0 heterocycles. The fourth-order valence-corrected chi connectivity index (χ4v) is 1.23. The van der Waals surface area contributed by atoms with Crippen LogP contribution in [0.1, 0.15) is 5.56 Å². The van der Waals surface area contributed by atoms with Gasteiger partial charge in [0.15, 0.2) is 6.10 Å². The van der Waals surface area contributed by atoms with E-state index >= 15 is 0 Å². The fourth-order valence-electron chi connectivity index (χ4n) is 1.23. The minimum absolute atomic E-state index is 0.0506. The number of nitro groups is 1. The average Bonchev–Trinajstić information content (AvgIpc) is 2.33. The van der Waals surface area contributed by atoms with Crippen LogP contribution in [0.4, 0.5) is 24.5 Å². The number of aliphatic hydroxyl groups excluding tert-OH is 1. The zero-order valence-corrected chi connectivity index (χ0v) is 9.31. The van der Waals surface area contributed by atoms with Crippen molar-refractivity contribution in [2.75, 3.05) is 11.9 Å². The number of rotatable bonds is 4. The second-order valence-electron chi connectivity index (χ2n) is 3.54. The Bertz CT molecular complexity index is 525. The number of hydrogen-bond acceptors (Lipinski definition) is 5.